The average Bonchev–Trinajstić information content (AvgIpc) is 3.37. The largest absolute Gasteiger partial charge is 0.441 e. The van der Waals surface area contributed by atoms with E-state index in [4.69, 9.17) is 4.42 Å². The third-order valence-electron chi connectivity index (χ3n) is 4.21. The number of thiophene rings is 1. The third-order valence-corrected chi connectivity index (χ3v) is 4.90. The SMILES string of the molecule is Cc1oc(-c2ccsc2)nc1CN(C)Cc1cccc(-n2cccn2)c1. The van der Waals surface area contributed by atoms with E-state index in [2.05, 4.69) is 51.7 Å². The van der Waals surface area contributed by atoms with Crippen LogP contribution in [0.25, 0.3) is 17.1 Å². The zero-order valence-electron chi connectivity index (χ0n) is 14.8. The lowest BCUT2D eigenvalue weighted by atomic mass is 10.2. The fraction of sp³-hybridized carbons (Fsp3) is 0.200. The monoisotopic (exact) mass is 364 g/mol. The molecule has 26 heavy (non-hydrogen) atoms. The highest BCUT2D eigenvalue weighted by Gasteiger charge is 2.14. The predicted octanol–water partition coefficient (Wildman–Crippen LogP) is 4.53. The van der Waals surface area contributed by atoms with E-state index in [0.29, 0.717) is 5.89 Å². The van der Waals surface area contributed by atoms with Gasteiger partial charge in [-0.15, -0.1) is 0 Å². The summed E-state index contributed by atoms with van der Waals surface area (Å²) in [5.41, 5.74) is 4.33. The van der Waals surface area contributed by atoms with Crippen LogP contribution < -0.4 is 0 Å². The van der Waals surface area contributed by atoms with Crippen LogP contribution in [0.5, 0.6) is 0 Å². The summed E-state index contributed by atoms with van der Waals surface area (Å²) in [5, 5.41) is 8.38. The second-order valence-corrected chi connectivity index (χ2v) is 7.11. The molecule has 0 bridgehead atoms. The lowest BCUT2D eigenvalue weighted by molar-refractivity contribution is 0.313. The predicted molar refractivity (Wildman–Crippen MR) is 103 cm³/mol. The molecule has 0 aliphatic heterocycles. The van der Waals surface area contributed by atoms with Crippen molar-refractivity contribution in [3.05, 3.63) is 76.6 Å². The molecule has 0 N–H and O–H groups in total. The molecule has 0 saturated carbocycles. The highest BCUT2D eigenvalue weighted by Crippen LogP contribution is 2.24. The molecular formula is C20H20N4OS. The van der Waals surface area contributed by atoms with Crippen molar-refractivity contribution in [1.82, 2.24) is 19.7 Å². The van der Waals surface area contributed by atoms with E-state index >= 15 is 0 Å². The molecule has 0 saturated heterocycles. The number of aromatic nitrogens is 3. The fourth-order valence-corrected chi connectivity index (χ4v) is 3.56. The zero-order chi connectivity index (χ0) is 17.9. The second kappa shape index (κ2) is 7.27. The van der Waals surface area contributed by atoms with E-state index < -0.39 is 0 Å². The topological polar surface area (TPSA) is 47.1 Å². The van der Waals surface area contributed by atoms with Crippen molar-refractivity contribution in [3.8, 4) is 17.1 Å². The lowest BCUT2D eigenvalue weighted by Crippen LogP contribution is -2.18. The van der Waals surface area contributed by atoms with E-state index in [9.17, 15) is 0 Å². The maximum Gasteiger partial charge on any atom is 0.227 e. The van der Waals surface area contributed by atoms with Crippen LogP contribution in [0.1, 0.15) is 17.0 Å². The van der Waals surface area contributed by atoms with Gasteiger partial charge < -0.3 is 4.42 Å². The second-order valence-electron chi connectivity index (χ2n) is 6.33. The van der Waals surface area contributed by atoms with E-state index in [1.54, 1.807) is 17.5 Å². The van der Waals surface area contributed by atoms with E-state index in [-0.39, 0.29) is 0 Å². The van der Waals surface area contributed by atoms with Crippen LogP contribution in [0.4, 0.5) is 0 Å². The molecule has 132 valence electrons. The third kappa shape index (κ3) is 3.61. The Morgan fingerprint density at radius 3 is 2.88 bits per heavy atom. The fourth-order valence-electron chi connectivity index (χ4n) is 2.93. The van der Waals surface area contributed by atoms with Crippen molar-refractivity contribution >= 4 is 11.3 Å². The summed E-state index contributed by atoms with van der Waals surface area (Å²) in [6.07, 6.45) is 3.74. The lowest BCUT2D eigenvalue weighted by Gasteiger charge is -2.16. The minimum Gasteiger partial charge on any atom is -0.441 e. The van der Waals surface area contributed by atoms with Crippen molar-refractivity contribution < 1.29 is 4.42 Å². The molecule has 3 aromatic heterocycles. The molecule has 0 aliphatic carbocycles. The molecule has 1 aromatic carbocycles. The van der Waals surface area contributed by atoms with Gasteiger partial charge in [0.15, 0.2) is 0 Å². The van der Waals surface area contributed by atoms with Gasteiger partial charge in [0.25, 0.3) is 0 Å². The van der Waals surface area contributed by atoms with Gasteiger partial charge in [0.1, 0.15) is 5.76 Å². The van der Waals surface area contributed by atoms with Gasteiger partial charge in [-0.1, -0.05) is 12.1 Å². The highest BCUT2D eigenvalue weighted by molar-refractivity contribution is 7.08. The first-order chi connectivity index (χ1) is 12.7. The number of benzene rings is 1. The molecule has 6 heteroatoms. The van der Waals surface area contributed by atoms with Crippen LogP contribution in [-0.2, 0) is 13.1 Å². The van der Waals surface area contributed by atoms with Gasteiger partial charge >= 0.3 is 0 Å². The van der Waals surface area contributed by atoms with Gasteiger partial charge in [-0.25, -0.2) is 9.67 Å². The quantitative estimate of drug-likeness (QED) is 0.504. The molecule has 4 aromatic rings. The molecule has 0 radical (unpaired) electrons. The first-order valence-corrected chi connectivity index (χ1v) is 9.40. The highest BCUT2D eigenvalue weighted by atomic mass is 32.1. The van der Waals surface area contributed by atoms with Crippen LogP contribution in [0, 0.1) is 6.92 Å². The summed E-state index contributed by atoms with van der Waals surface area (Å²) >= 11 is 1.65. The first kappa shape index (κ1) is 16.8. The van der Waals surface area contributed by atoms with Crippen LogP contribution in [-0.4, -0.2) is 26.7 Å². The molecule has 0 amide bonds. The number of oxazole rings is 1. The van der Waals surface area contributed by atoms with Crippen molar-refractivity contribution in [2.75, 3.05) is 7.05 Å². The van der Waals surface area contributed by atoms with Gasteiger partial charge in [-0.2, -0.15) is 16.4 Å². The van der Waals surface area contributed by atoms with Gasteiger partial charge in [0.05, 0.1) is 11.4 Å². The molecule has 5 nitrogen and oxygen atoms in total. The molecule has 0 spiro atoms. The minimum atomic E-state index is 0.702. The van der Waals surface area contributed by atoms with Crippen LogP contribution in [0.2, 0.25) is 0 Å². The normalized spacial score (nSPS) is 11.3. The van der Waals surface area contributed by atoms with Crippen LogP contribution in [0.15, 0.2) is 64.0 Å². The Hall–Kier alpha value is -2.70. The van der Waals surface area contributed by atoms with E-state index in [1.165, 1.54) is 5.56 Å². The number of nitrogens with zero attached hydrogens (tertiary/aromatic N) is 4. The van der Waals surface area contributed by atoms with E-state index in [0.717, 1.165) is 35.8 Å². The standard InChI is InChI=1S/C20H20N4OS/c1-15-19(22-20(25-15)17-7-10-26-14-17)13-23(2)12-16-5-3-6-18(11-16)24-9-4-8-21-24/h3-11,14H,12-13H2,1-2H3. The molecule has 0 atom stereocenters. The molecule has 4 rings (SSSR count). The van der Waals surface area contributed by atoms with Crippen molar-refractivity contribution in [2.24, 2.45) is 0 Å². The number of aryl methyl sites for hydroxylation is 1. The van der Waals surface area contributed by atoms with Crippen LogP contribution >= 0.6 is 11.3 Å². The van der Waals surface area contributed by atoms with Crippen LogP contribution in [0.3, 0.4) is 0 Å². The van der Waals surface area contributed by atoms with Gasteiger partial charge in [0.2, 0.25) is 5.89 Å². The Kier molecular flexibility index (Phi) is 4.69. The number of hydrogen-bond donors (Lipinski definition) is 0. The Bertz CT molecular complexity index is 973. The van der Waals surface area contributed by atoms with Gasteiger partial charge in [-0.3, -0.25) is 4.90 Å². The first-order valence-electron chi connectivity index (χ1n) is 8.45. The maximum absolute atomic E-state index is 5.84. The Morgan fingerprint density at radius 1 is 1.19 bits per heavy atom. The summed E-state index contributed by atoms with van der Waals surface area (Å²) in [6, 6.07) is 12.4. The van der Waals surface area contributed by atoms with Gasteiger partial charge in [-0.05, 0) is 49.2 Å². The molecule has 3 heterocycles. The van der Waals surface area contributed by atoms with E-state index in [1.807, 2.05) is 35.3 Å². The minimum absolute atomic E-state index is 0.702. The Labute approximate surface area is 156 Å². The van der Waals surface area contributed by atoms with Crippen molar-refractivity contribution in [1.29, 1.82) is 0 Å². The molecular weight excluding hydrogens is 344 g/mol. The summed E-state index contributed by atoms with van der Waals surface area (Å²) in [7, 11) is 2.10. The molecule has 0 fully saturated rings. The summed E-state index contributed by atoms with van der Waals surface area (Å²) in [4.78, 5) is 6.92. The average molecular weight is 364 g/mol. The summed E-state index contributed by atoms with van der Waals surface area (Å²) in [6.45, 7) is 3.55. The zero-order valence-corrected chi connectivity index (χ0v) is 15.6. The summed E-state index contributed by atoms with van der Waals surface area (Å²) in [5.74, 6) is 1.58. The molecule has 0 aliphatic rings. The summed E-state index contributed by atoms with van der Waals surface area (Å²) < 4.78 is 7.71. The number of hydrogen-bond acceptors (Lipinski definition) is 5. The smallest absolute Gasteiger partial charge is 0.227 e. The Morgan fingerprint density at radius 2 is 2.12 bits per heavy atom. The van der Waals surface area contributed by atoms with Crippen molar-refractivity contribution in [3.63, 3.8) is 0 Å². The Balaban J connectivity index is 1.46. The number of rotatable bonds is 6. The van der Waals surface area contributed by atoms with Crippen molar-refractivity contribution in [2.45, 2.75) is 20.0 Å². The maximum atomic E-state index is 5.84. The van der Waals surface area contributed by atoms with Gasteiger partial charge in [0, 0.05) is 36.4 Å². The molecule has 0 unspecified atom stereocenters.